The number of hydrogen-bond donors (Lipinski definition) is 1. The third-order valence-electron chi connectivity index (χ3n) is 4.23. The van der Waals surface area contributed by atoms with E-state index in [1.807, 2.05) is 56.3 Å². The van der Waals surface area contributed by atoms with E-state index >= 15 is 0 Å². The van der Waals surface area contributed by atoms with Crippen molar-refractivity contribution in [3.05, 3.63) is 64.7 Å². The Morgan fingerprint density at radius 2 is 1.75 bits per heavy atom. The number of aryl methyl sites for hydroxylation is 2. The Hall–Kier alpha value is -2.29. The van der Waals surface area contributed by atoms with Crippen molar-refractivity contribution in [2.45, 2.75) is 52.6 Å². The summed E-state index contributed by atoms with van der Waals surface area (Å²) in [6.07, 6.45) is -0.565. The summed E-state index contributed by atoms with van der Waals surface area (Å²) in [7, 11) is 0. The summed E-state index contributed by atoms with van der Waals surface area (Å²) < 4.78 is 5.91. The molecule has 0 aromatic heterocycles. The first-order valence-corrected chi connectivity index (χ1v) is 8.23. The summed E-state index contributed by atoms with van der Waals surface area (Å²) in [5, 5.41) is 9.59. The van der Waals surface area contributed by atoms with Crippen molar-refractivity contribution in [1.29, 1.82) is 0 Å². The molecular formula is C21H26O3. The van der Waals surface area contributed by atoms with Gasteiger partial charge < -0.3 is 9.84 Å². The second-order valence-electron chi connectivity index (χ2n) is 7.31. The van der Waals surface area contributed by atoms with Gasteiger partial charge in [0.05, 0.1) is 0 Å². The van der Waals surface area contributed by atoms with E-state index in [1.165, 1.54) is 5.56 Å². The van der Waals surface area contributed by atoms with Crippen molar-refractivity contribution in [1.82, 2.24) is 0 Å². The number of rotatable bonds is 5. The van der Waals surface area contributed by atoms with Gasteiger partial charge in [0.25, 0.3) is 0 Å². The summed E-state index contributed by atoms with van der Waals surface area (Å²) in [5.74, 6) is -0.307. The Bertz CT molecular complexity index is 726. The molecule has 0 radical (unpaired) electrons. The van der Waals surface area contributed by atoms with Gasteiger partial charge in [-0.2, -0.15) is 0 Å². The molecule has 1 atom stereocenters. The monoisotopic (exact) mass is 326 g/mol. The Morgan fingerprint density at radius 3 is 2.33 bits per heavy atom. The van der Waals surface area contributed by atoms with E-state index in [4.69, 9.17) is 4.74 Å². The largest absolute Gasteiger partial charge is 0.478 e. The van der Waals surface area contributed by atoms with Crippen molar-refractivity contribution in [2.24, 2.45) is 0 Å². The lowest BCUT2D eigenvalue weighted by atomic mass is 9.86. The maximum absolute atomic E-state index is 11.7. The minimum Gasteiger partial charge on any atom is -0.478 e. The van der Waals surface area contributed by atoms with Gasteiger partial charge in [-0.25, -0.2) is 4.79 Å². The average molecular weight is 326 g/mol. The number of carbonyl (C=O) groups is 1. The Labute approximate surface area is 144 Å². The molecule has 0 spiro atoms. The molecule has 1 unspecified atom stereocenters. The molecule has 0 saturated carbocycles. The third-order valence-corrected chi connectivity index (χ3v) is 4.23. The van der Waals surface area contributed by atoms with E-state index in [1.54, 1.807) is 0 Å². The van der Waals surface area contributed by atoms with Crippen LogP contribution in [0.1, 0.15) is 43.0 Å². The van der Waals surface area contributed by atoms with Gasteiger partial charge in [-0.05, 0) is 47.6 Å². The van der Waals surface area contributed by atoms with Crippen LogP contribution in [0.15, 0.2) is 42.5 Å². The molecule has 24 heavy (non-hydrogen) atoms. The van der Waals surface area contributed by atoms with Gasteiger partial charge in [0, 0.05) is 6.42 Å². The molecule has 0 amide bonds. The molecule has 2 aromatic rings. The molecule has 0 fully saturated rings. The fourth-order valence-electron chi connectivity index (χ4n) is 2.67. The molecule has 3 heteroatoms. The second-order valence-corrected chi connectivity index (χ2v) is 7.31. The summed E-state index contributed by atoms with van der Waals surface area (Å²) in [6, 6.07) is 13.7. The van der Waals surface area contributed by atoms with Crippen LogP contribution in [-0.4, -0.2) is 17.2 Å². The highest BCUT2D eigenvalue weighted by Crippen LogP contribution is 2.32. The molecule has 0 heterocycles. The van der Waals surface area contributed by atoms with Gasteiger partial charge >= 0.3 is 5.97 Å². The number of aliphatic carboxylic acids is 1. The number of benzene rings is 2. The topological polar surface area (TPSA) is 46.5 Å². The predicted octanol–water partition coefficient (Wildman–Crippen LogP) is 4.68. The highest BCUT2D eigenvalue weighted by atomic mass is 16.5. The Morgan fingerprint density at radius 1 is 1.08 bits per heavy atom. The summed E-state index contributed by atoms with van der Waals surface area (Å²) in [4.78, 5) is 11.7. The van der Waals surface area contributed by atoms with Gasteiger partial charge in [0.1, 0.15) is 5.75 Å². The second kappa shape index (κ2) is 7.08. The molecular weight excluding hydrogens is 300 g/mol. The number of para-hydroxylation sites is 1. The Kier molecular flexibility index (Phi) is 5.33. The zero-order valence-electron chi connectivity index (χ0n) is 15.1. The maximum Gasteiger partial charge on any atom is 0.345 e. The van der Waals surface area contributed by atoms with Gasteiger partial charge in [-0.1, -0.05) is 57.2 Å². The van der Waals surface area contributed by atoms with Gasteiger partial charge in [-0.15, -0.1) is 0 Å². The molecule has 0 bridgehead atoms. The van der Waals surface area contributed by atoms with Crippen LogP contribution in [0.2, 0.25) is 0 Å². The molecule has 0 saturated heterocycles. The molecule has 3 nitrogen and oxygen atoms in total. The van der Waals surface area contributed by atoms with Crippen LogP contribution in [0, 0.1) is 13.8 Å². The zero-order chi connectivity index (χ0) is 17.9. The van der Waals surface area contributed by atoms with Crippen molar-refractivity contribution in [3.63, 3.8) is 0 Å². The van der Waals surface area contributed by atoms with E-state index in [-0.39, 0.29) is 5.41 Å². The molecule has 1 N–H and O–H groups in total. The standard InChI is InChI=1S/C21H26O3/c1-14-10-11-16(12-15(14)2)13-19(20(22)23)24-18-9-7-6-8-17(18)21(3,4)5/h6-12,19H,13H2,1-5H3,(H,22,23). The Balaban J connectivity index is 2.27. The first-order chi connectivity index (χ1) is 11.2. The van der Waals surface area contributed by atoms with Gasteiger partial charge in [-0.3, -0.25) is 0 Å². The van der Waals surface area contributed by atoms with Crippen LogP contribution >= 0.6 is 0 Å². The van der Waals surface area contributed by atoms with E-state index in [0.29, 0.717) is 12.2 Å². The molecule has 2 rings (SSSR count). The molecule has 0 aliphatic carbocycles. The summed E-state index contributed by atoms with van der Waals surface area (Å²) in [6.45, 7) is 10.4. The van der Waals surface area contributed by atoms with Crippen molar-refractivity contribution < 1.29 is 14.6 Å². The molecule has 128 valence electrons. The number of carboxylic acid groups (broad SMARTS) is 1. The van der Waals surface area contributed by atoms with Crippen molar-refractivity contribution in [2.75, 3.05) is 0 Å². The van der Waals surface area contributed by atoms with E-state index in [2.05, 4.69) is 20.8 Å². The highest BCUT2D eigenvalue weighted by Gasteiger charge is 2.24. The van der Waals surface area contributed by atoms with Crippen LogP contribution in [0.25, 0.3) is 0 Å². The summed E-state index contributed by atoms with van der Waals surface area (Å²) >= 11 is 0. The number of carboxylic acids is 1. The minimum atomic E-state index is -0.947. The van der Waals surface area contributed by atoms with E-state index in [9.17, 15) is 9.90 Å². The number of hydrogen-bond acceptors (Lipinski definition) is 2. The molecule has 2 aromatic carbocycles. The molecule has 0 aliphatic rings. The fraction of sp³-hybridized carbons (Fsp3) is 0.381. The zero-order valence-corrected chi connectivity index (χ0v) is 15.1. The van der Waals surface area contributed by atoms with Crippen LogP contribution in [0.3, 0.4) is 0 Å². The predicted molar refractivity (Wildman–Crippen MR) is 96.8 cm³/mol. The van der Waals surface area contributed by atoms with Crippen LogP contribution < -0.4 is 4.74 Å². The lowest BCUT2D eigenvalue weighted by molar-refractivity contribution is -0.145. The van der Waals surface area contributed by atoms with Crippen molar-refractivity contribution >= 4 is 5.97 Å². The van der Waals surface area contributed by atoms with E-state index < -0.39 is 12.1 Å². The smallest absolute Gasteiger partial charge is 0.345 e. The number of ether oxygens (including phenoxy) is 1. The van der Waals surface area contributed by atoms with Crippen LogP contribution in [0.4, 0.5) is 0 Å². The highest BCUT2D eigenvalue weighted by molar-refractivity contribution is 5.73. The van der Waals surface area contributed by atoms with Crippen LogP contribution in [-0.2, 0) is 16.6 Å². The quantitative estimate of drug-likeness (QED) is 0.868. The summed E-state index contributed by atoms with van der Waals surface area (Å²) in [5.41, 5.74) is 4.23. The first kappa shape index (κ1) is 18.1. The van der Waals surface area contributed by atoms with E-state index in [0.717, 1.165) is 16.7 Å². The first-order valence-electron chi connectivity index (χ1n) is 8.23. The lowest BCUT2D eigenvalue weighted by Crippen LogP contribution is -2.30. The average Bonchev–Trinajstić information content (AvgIpc) is 2.49. The molecule has 0 aliphatic heterocycles. The fourth-order valence-corrected chi connectivity index (χ4v) is 2.67. The third kappa shape index (κ3) is 4.38. The normalized spacial score (nSPS) is 12.7. The lowest BCUT2D eigenvalue weighted by Gasteiger charge is -2.25. The van der Waals surface area contributed by atoms with Crippen molar-refractivity contribution in [3.8, 4) is 5.75 Å². The maximum atomic E-state index is 11.7. The minimum absolute atomic E-state index is 0.111. The van der Waals surface area contributed by atoms with Gasteiger partial charge in [0.2, 0.25) is 0 Å². The SMILES string of the molecule is Cc1ccc(CC(Oc2ccccc2C(C)(C)C)C(=O)O)cc1C. The van der Waals surface area contributed by atoms with Crippen LogP contribution in [0.5, 0.6) is 5.75 Å². The van der Waals surface area contributed by atoms with Gasteiger partial charge in [0.15, 0.2) is 6.10 Å².